The summed E-state index contributed by atoms with van der Waals surface area (Å²) in [5.41, 5.74) is 4.72. The van der Waals surface area contributed by atoms with E-state index in [0.717, 1.165) is 33.8 Å². The largest absolute Gasteiger partial charge is 0.507 e. The van der Waals surface area contributed by atoms with Crippen molar-refractivity contribution in [2.24, 2.45) is 0 Å². The van der Waals surface area contributed by atoms with Crippen LogP contribution in [0, 0.1) is 6.92 Å². The van der Waals surface area contributed by atoms with Gasteiger partial charge in [-0.15, -0.1) is 0 Å². The minimum absolute atomic E-state index is 0.0330. The summed E-state index contributed by atoms with van der Waals surface area (Å²) in [4.78, 5) is 0. The first-order valence-corrected chi connectivity index (χ1v) is 9.01. The standard InChI is InChI=1S/C23H32O3/c1-14-17(10-15(25-8)12-19(14)22(2,3)4)18-11-16(26-9)13-20(21(18)24)23(5,6)7/h10-13,24H,1-9H3. The summed E-state index contributed by atoms with van der Waals surface area (Å²) in [6.07, 6.45) is 0. The molecule has 0 aliphatic rings. The molecule has 0 spiro atoms. The molecule has 0 saturated carbocycles. The van der Waals surface area contributed by atoms with E-state index in [4.69, 9.17) is 9.47 Å². The van der Waals surface area contributed by atoms with Crippen molar-refractivity contribution < 1.29 is 14.6 Å². The molecule has 2 rings (SSSR count). The van der Waals surface area contributed by atoms with Gasteiger partial charge in [-0.2, -0.15) is 0 Å². The average Bonchev–Trinajstić information content (AvgIpc) is 2.53. The lowest BCUT2D eigenvalue weighted by molar-refractivity contribution is 0.406. The van der Waals surface area contributed by atoms with Crippen LogP contribution in [0.15, 0.2) is 24.3 Å². The SMILES string of the molecule is COc1cc(-c2cc(OC)cc(C(C)(C)C)c2O)c(C)c(C(C)(C)C)c1. The van der Waals surface area contributed by atoms with Crippen molar-refractivity contribution in [1.29, 1.82) is 0 Å². The maximum atomic E-state index is 11.1. The molecule has 0 aliphatic heterocycles. The molecular formula is C23H32O3. The van der Waals surface area contributed by atoms with Gasteiger partial charge in [0.05, 0.1) is 14.2 Å². The van der Waals surface area contributed by atoms with E-state index >= 15 is 0 Å². The summed E-state index contributed by atoms with van der Waals surface area (Å²) in [6.45, 7) is 14.9. The van der Waals surface area contributed by atoms with Gasteiger partial charge in [-0.1, -0.05) is 41.5 Å². The number of aromatic hydroxyl groups is 1. The van der Waals surface area contributed by atoms with Gasteiger partial charge in [-0.3, -0.25) is 0 Å². The van der Waals surface area contributed by atoms with Gasteiger partial charge < -0.3 is 14.6 Å². The van der Waals surface area contributed by atoms with Crippen molar-refractivity contribution in [3.63, 3.8) is 0 Å². The van der Waals surface area contributed by atoms with Crippen LogP contribution in [-0.4, -0.2) is 19.3 Å². The van der Waals surface area contributed by atoms with E-state index in [9.17, 15) is 5.11 Å². The van der Waals surface area contributed by atoms with E-state index in [1.165, 1.54) is 5.56 Å². The van der Waals surface area contributed by atoms with Crippen LogP contribution in [0.25, 0.3) is 11.1 Å². The van der Waals surface area contributed by atoms with Crippen molar-refractivity contribution in [2.45, 2.75) is 59.3 Å². The first-order valence-electron chi connectivity index (χ1n) is 9.01. The minimum atomic E-state index is -0.201. The molecule has 0 bridgehead atoms. The zero-order chi connectivity index (χ0) is 19.9. The second-order valence-electron chi connectivity index (χ2n) is 8.92. The van der Waals surface area contributed by atoms with Crippen LogP contribution >= 0.6 is 0 Å². The molecule has 1 N–H and O–H groups in total. The highest BCUT2D eigenvalue weighted by molar-refractivity contribution is 5.79. The molecule has 142 valence electrons. The van der Waals surface area contributed by atoms with E-state index in [1.54, 1.807) is 14.2 Å². The van der Waals surface area contributed by atoms with Crippen molar-refractivity contribution in [1.82, 2.24) is 0 Å². The van der Waals surface area contributed by atoms with Crippen LogP contribution in [0.3, 0.4) is 0 Å². The number of methoxy groups -OCH3 is 2. The molecule has 3 heteroatoms. The van der Waals surface area contributed by atoms with Gasteiger partial charge in [-0.25, -0.2) is 0 Å². The number of phenols is 1. The summed E-state index contributed by atoms with van der Waals surface area (Å²) in [6, 6.07) is 7.89. The predicted molar refractivity (Wildman–Crippen MR) is 109 cm³/mol. The molecule has 0 radical (unpaired) electrons. The number of hydrogen-bond donors (Lipinski definition) is 1. The van der Waals surface area contributed by atoms with Gasteiger partial charge in [0.25, 0.3) is 0 Å². The maximum absolute atomic E-state index is 11.1. The van der Waals surface area contributed by atoms with Gasteiger partial charge in [0, 0.05) is 11.1 Å². The Morgan fingerprint density at radius 3 is 1.54 bits per heavy atom. The van der Waals surface area contributed by atoms with Gasteiger partial charge in [0.1, 0.15) is 17.2 Å². The summed E-state index contributed by atoms with van der Waals surface area (Å²) in [7, 11) is 3.33. The summed E-state index contributed by atoms with van der Waals surface area (Å²) in [5.74, 6) is 1.83. The highest BCUT2D eigenvalue weighted by atomic mass is 16.5. The zero-order valence-corrected chi connectivity index (χ0v) is 17.6. The molecule has 0 aliphatic carbocycles. The number of hydrogen-bond acceptors (Lipinski definition) is 3. The Morgan fingerprint density at radius 1 is 0.692 bits per heavy atom. The number of rotatable bonds is 3. The van der Waals surface area contributed by atoms with Crippen molar-refractivity contribution in [3.05, 3.63) is 41.0 Å². The lowest BCUT2D eigenvalue weighted by atomic mass is 9.79. The third kappa shape index (κ3) is 3.82. The fourth-order valence-electron chi connectivity index (χ4n) is 3.37. The molecule has 0 fully saturated rings. The molecule has 0 aromatic heterocycles. The van der Waals surface area contributed by atoms with Crippen molar-refractivity contribution in [3.8, 4) is 28.4 Å². The molecule has 0 heterocycles. The van der Waals surface area contributed by atoms with E-state index in [2.05, 4.69) is 54.5 Å². The number of benzene rings is 2. The van der Waals surface area contributed by atoms with Gasteiger partial charge >= 0.3 is 0 Å². The molecule has 2 aromatic rings. The van der Waals surface area contributed by atoms with Crippen LogP contribution in [0.4, 0.5) is 0 Å². The van der Waals surface area contributed by atoms with E-state index in [0.29, 0.717) is 5.75 Å². The fraction of sp³-hybridized carbons (Fsp3) is 0.478. The van der Waals surface area contributed by atoms with Crippen LogP contribution in [0.1, 0.15) is 58.2 Å². The van der Waals surface area contributed by atoms with E-state index in [1.807, 2.05) is 18.2 Å². The Morgan fingerprint density at radius 2 is 1.12 bits per heavy atom. The second kappa shape index (κ2) is 6.86. The zero-order valence-electron chi connectivity index (χ0n) is 17.6. The Labute approximate surface area is 158 Å². The normalized spacial score (nSPS) is 12.2. The molecule has 2 aromatic carbocycles. The molecule has 0 amide bonds. The minimum Gasteiger partial charge on any atom is -0.507 e. The summed E-state index contributed by atoms with van der Waals surface area (Å²) < 4.78 is 11.1. The first kappa shape index (κ1) is 20.2. The monoisotopic (exact) mass is 356 g/mol. The molecule has 26 heavy (non-hydrogen) atoms. The van der Waals surface area contributed by atoms with E-state index < -0.39 is 0 Å². The molecule has 0 saturated heterocycles. The third-order valence-electron chi connectivity index (χ3n) is 4.84. The molecule has 0 atom stereocenters. The maximum Gasteiger partial charge on any atom is 0.127 e. The van der Waals surface area contributed by atoms with Gasteiger partial charge in [0.2, 0.25) is 0 Å². The predicted octanol–water partition coefficient (Wildman–Crippen LogP) is 5.98. The Hall–Kier alpha value is -2.16. The third-order valence-corrected chi connectivity index (χ3v) is 4.84. The topological polar surface area (TPSA) is 38.7 Å². The van der Waals surface area contributed by atoms with Crippen molar-refractivity contribution >= 4 is 0 Å². The fourth-order valence-corrected chi connectivity index (χ4v) is 3.37. The summed E-state index contributed by atoms with van der Waals surface area (Å²) >= 11 is 0. The number of phenolic OH excluding ortho intramolecular Hbond substituents is 1. The quantitative estimate of drug-likeness (QED) is 0.735. The Balaban J connectivity index is 2.88. The lowest BCUT2D eigenvalue weighted by Gasteiger charge is -2.27. The first-order chi connectivity index (χ1) is 11.9. The molecule has 3 nitrogen and oxygen atoms in total. The summed E-state index contributed by atoms with van der Waals surface area (Å²) in [5, 5.41) is 11.1. The average molecular weight is 357 g/mol. The van der Waals surface area contributed by atoms with Crippen molar-refractivity contribution in [2.75, 3.05) is 14.2 Å². The Kier molecular flexibility index (Phi) is 5.32. The van der Waals surface area contributed by atoms with Crippen LogP contribution in [-0.2, 0) is 10.8 Å². The highest BCUT2D eigenvalue weighted by Gasteiger charge is 2.25. The molecular weight excluding hydrogens is 324 g/mol. The lowest BCUT2D eigenvalue weighted by Crippen LogP contribution is -2.14. The Bertz CT molecular complexity index is 736. The van der Waals surface area contributed by atoms with Gasteiger partial charge in [0.15, 0.2) is 0 Å². The van der Waals surface area contributed by atoms with E-state index in [-0.39, 0.29) is 10.8 Å². The number of ether oxygens (including phenoxy) is 2. The molecule has 0 unspecified atom stereocenters. The van der Waals surface area contributed by atoms with Gasteiger partial charge in [-0.05, 0) is 58.7 Å². The smallest absolute Gasteiger partial charge is 0.127 e. The van der Waals surface area contributed by atoms with Crippen LogP contribution in [0.2, 0.25) is 0 Å². The van der Waals surface area contributed by atoms with Crippen LogP contribution < -0.4 is 9.47 Å². The van der Waals surface area contributed by atoms with Crippen LogP contribution in [0.5, 0.6) is 17.2 Å². The second-order valence-corrected chi connectivity index (χ2v) is 8.92. The highest BCUT2D eigenvalue weighted by Crippen LogP contribution is 2.45.